The molecule has 0 unspecified atom stereocenters. The number of carbonyl (C=O) groups excluding carboxylic acids is 1. The predicted molar refractivity (Wildman–Crippen MR) is 56.1 cm³/mol. The number of fused-ring (bicyclic) bond motifs is 2. The normalized spacial score (nSPS) is 13.6. The first kappa shape index (κ1) is 8.29. The van der Waals surface area contributed by atoms with Gasteiger partial charge in [0.15, 0.2) is 12.0 Å². The van der Waals surface area contributed by atoms with Gasteiger partial charge in [-0.1, -0.05) is 6.08 Å². The largest absolute Gasteiger partial charge is 0.489 e. The van der Waals surface area contributed by atoms with E-state index in [4.69, 9.17) is 9.15 Å². The molecule has 15 heavy (non-hydrogen) atoms. The van der Waals surface area contributed by atoms with Crippen molar-refractivity contribution in [2.75, 3.05) is 6.61 Å². The van der Waals surface area contributed by atoms with Gasteiger partial charge in [0.1, 0.15) is 17.9 Å². The summed E-state index contributed by atoms with van der Waals surface area (Å²) in [5.41, 5.74) is 1.71. The number of carbonyl (C=O) groups is 1. The van der Waals surface area contributed by atoms with Gasteiger partial charge in [-0.2, -0.15) is 0 Å². The molecule has 2 heterocycles. The average molecular weight is 200 g/mol. The maximum Gasteiger partial charge on any atom is 0.185 e. The van der Waals surface area contributed by atoms with Crippen molar-refractivity contribution in [1.82, 2.24) is 0 Å². The lowest BCUT2D eigenvalue weighted by molar-refractivity contribution is 0.110. The van der Waals surface area contributed by atoms with E-state index in [2.05, 4.69) is 0 Å². The fraction of sp³-hybridized carbons (Fsp3) is 0.0833. The van der Waals surface area contributed by atoms with Crippen LogP contribution in [-0.2, 0) is 0 Å². The van der Waals surface area contributed by atoms with Crippen LogP contribution in [0.2, 0.25) is 0 Å². The summed E-state index contributed by atoms with van der Waals surface area (Å²) < 4.78 is 10.8. The van der Waals surface area contributed by atoms with Crippen LogP contribution in [0, 0.1) is 0 Å². The molecule has 0 spiro atoms. The maximum atomic E-state index is 10.6. The van der Waals surface area contributed by atoms with Crippen LogP contribution in [0.4, 0.5) is 0 Å². The highest BCUT2D eigenvalue weighted by molar-refractivity contribution is 5.88. The zero-order valence-corrected chi connectivity index (χ0v) is 7.90. The van der Waals surface area contributed by atoms with E-state index in [0.29, 0.717) is 24.2 Å². The molecule has 0 N–H and O–H groups in total. The standard InChI is InChI=1S/C12H8O3/c13-7-10-5-9-4-8-2-1-3-14-11(8)6-12(9)15-10/h1-2,4-7H,3H2. The van der Waals surface area contributed by atoms with Crippen LogP contribution >= 0.6 is 0 Å². The van der Waals surface area contributed by atoms with Crippen LogP contribution < -0.4 is 4.74 Å². The lowest BCUT2D eigenvalue weighted by atomic mass is 10.1. The molecule has 1 aromatic carbocycles. The zero-order valence-electron chi connectivity index (χ0n) is 7.90. The summed E-state index contributed by atoms with van der Waals surface area (Å²) in [6.45, 7) is 0.583. The van der Waals surface area contributed by atoms with Crippen molar-refractivity contribution in [2.45, 2.75) is 0 Å². The van der Waals surface area contributed by atoms with Crippen molar-refractivity contribution in [2.24, 2.45) is 0 Å². The van der Waals surface area contributed by atoms with Gasteiger partial charge in [0.2, 0.25) is 0 Å². The second kappa shape index (κ2) is 2.98. The highest BCUT2D eigenvalue weighted by Crippen LogP contribution is 2.30. The summed E-state index contributed by atoms with van der Waals surface area (Å²) in [4.78, 5) is 10.6. The molecule has 1 aliphatic rings. The van der Waals surface area contributed by atoms with Gasteiger partial charge in [0, 0.05) is 17.0 Å². The van der Waals surface area contributed by atoms with E-state index in [1.807, 2.05) is 24.3 Å². The molecule has 3 nitrogen and oxygen atoms in total. The molecular formula is C12H8O3. The Labute approximate surface area is 85.9 Å². The van der Waals surface area contributed by atoms with Gasteiger partial charge in [0.05, 0.1) is 0 Å². The van der Waals surface area contributed by atoms with E-state index in [0.717, 1.165) is 16.7 Å². The maximum absolute atomic E-state index is 10.6. The first-order valence-corrected chi connectivity index (χ1v) is 4.69. The highest BCUT2D eigenvalue weighted by Gasteiger charge is 2.10. The van der Waals surface area contributed by atoms with E-state index in [1.165, 1.54) is 0 Å². The second-order valence-corrected chi connectivity index (χ2v) is 3.41. The lowest BCUT2D eigenvalue weighted by Gasteiger charge is -2.11. The number of ether oxygens (including phenoxy) is 1. The summed E-state index contributed by atoms with van der Waals surface area (Å²) in [7, 11) is 0. The second-order valence-electron chi connectivity index (χ2n) is 3.41. The molecule has 0 fully saturated rings. The van der Waals surface area contributed by atoms with Gasteiger partial charge in [-0.25, -0.2) is 0 Å². The van der Waals surface area contributed by atoms with Crippen molar-refractivity contribution in [1.29, 1.82) is 0 Å². The molecule has 3 rings (SSSR count). The minimum atomic E-state index is 0.344. The van der Waals surface area contributed by atoms with Crippen LogP contribution in [0.1, 0.15) is 16.1 Å². The number of benzene rings is 1. The molecule has 1 aromatic heterocycles. The number of hydrogen-bond donors (Lipinski definition) is 0. The summed E-state index contributed by atoms with van der Waals surface area (Å²) in [5.74, 6) is 1.15. The minimum absolute atomic E-state index is 0.344. The molecule has 74 valence electrons. The van der Waals surface area contributed by atoms with Crippen LogP contribution in [-0.4, -0.2) is 12.9 Å². The third kappa shape index (κ3) is 1.24. The van der Waals surface area contributed by atoms with Gasteiger partial charge in [0.25, 0.3) is 0 Å². The smallest absolute Gasteiger partial charge is 0.185 e. The van der Waals surface area contributed by atoms with Crippen molar-refractivity contribution < 1.29 is 13.9 Å². The molecule has 3 heteroatoms. The molecule has 0 atom stereocenters. The fourth-order valence-corrected chi connectivity index (χ4v) is 1.73. The Hall–Kier alpha value is -2.03. The monoisotopic (exact) mass is 200 g/mol. The van der Waals surface area contributed by atoms with Crippen LogP contribution in [0.3, 0.4) is 0 Å². The Balaban J connectivity index is 2.29. The molecular weight excluding hydrogens is 192 g/mol. The Morgan fingerprint density at radius 1 is 1.27 bits per heavy atom. The molecule has 0 saturated heterocycles. The molecule has 0 bridgehead atoms. The lowest BCUT2D eigenvalue weighted by Crippen LogP contribution is -1.99. The summed E-state index contributed by atoms with van der Waals surface area (Å²) in [6, 6.07) is 5.50. The van der Waals surface area contributed by atoms with E-state index >= 15 is 0 Å². The van der Waals surface area contributed by atoms with Gasteiger partial charge in [-0.05, 0) is 18.2 Å². The summed E-state index contributed by atoms with van der Waals surface area (Å²) in [6.07, 6.45) is 4.66. The molecule has 0 saturated carbocycles. The molecule has 2 aromatic rings. The van der Waals surface area contributed by atoms with Gasteiger partial charge < -0.3 is 9.15 Å². The third-order valence-electron chi connectivity index (χ3n) is 2.42. The van der Waals surface area contributed by atoms with Crippen molar-refractivity contribution in [3.8, 4) is 5.75 Å². The quantitative estimate of drug-likeness (QED) is 0.664. The van der Waals surface area contributed by atoms with Crippen molar-refractivity contribution >= 4 is 23.3 Å². The predicted octanol–water partition coefficient (Wildman–Crippen LogP) is 2.65. The number of aldehydes is 1. The van der Waals surface area contributed by atoms with E-state index in [1.54, 1.807) is 6.07 Å². The first-order valence-electron chi connectivity index (χ1n) is 4.69. The van der Waals surface area contributed by atoms with Gasteiger partial charge in [-0.3, -0.25) is 4.79 Å². The van der Waals surface area contributed by atoms with Crippen LogP contribution in [0.25, 0.3) is 17.0 Å². The number of hydrogen-bond acceptors (Lipinski definition) is 3. The molecule has 0 amide bonds. The van der Waals surface area contributed by atoms with E-state index < -0.39 is 0 Å². The summed E-state index contributed by atoms with van der Waals surface area (Å²) >= 11 is 0. The zero-order chi connectivity index (χ0) is 10.3. The Kier molecular flexibility index (Phi) is 1.65. The van der Waals surface area contributed by atoms with Gasteiger partial charge >= 0.3 is 0 Å². The SMILES string of the molecule is O=Cc1cc2cc3c(cc2o1)OCC=C3. The first-order chi connectivity index (χ1) is 7.36. The van der Waals surface area contributed by atoms with Crippen molar-refractivity contribution in [3.63, 3.8) is 0 Å². The van der Waals surface area contributed by atoms with Gasteiger partial charge in [-0.15, -0.1) is 0 Å². The fourth-order valence-electron chi connectivity index (χ4n) is 1.73. The minimum Gasteiger partial charge on any atom is -0.489 e. The molecule has 0 aliphatic carbocycles. The Morgan fingerprint density at radius 2 is 2.20 bits per heavy atom. The topological polar surface area (TPSA) is 39.4 Å². The molecule has 1 aliphatic heterocycles. The Morgan fingerprint density at radius 3 is 3.07 bits per heavy atom. The average Bonchev–Trinajstić information content (AvgIpc) is 2.67. The van der Waals surface area contributed by atoms with Crippen LogP contribution in [0.15, 0.2) is 28.7 Å². The highest BCUT2D eigenvalue weighted by atomic mass is 16.5. The number of furan rings is 1. The molecule has 0 radical (unpaired) electrons. The number of rotatable bonds is 1. The van der Waals surface area contributed by atoms with Crippen LogP contribution in [0.5, 0.6) is 5.75 Å². The summed E-state index contributed by atoms with van der Waals surface area (Å²) in [5, 5.41) is 0.922. The Bertz CT molecular complexity index is 563. The van der Waals surface area contributed by atoms with E-state index in [9.17, 15) is 4.79 Å². The third-order valence-corrected chi connectivity index (χ3v) is 2.42. The van der Waals surface area contributed by atoms with E-state index in [-0.39, 0.29) is 0 Å². The van der Waals surface area contributed by atoms with Crippen molar-refractivity contribution in [3.05, 3.63) is 35.6 Å².